The summed E-state index contributed by atoms with van der Waals surface area (Å²) in [7, 11) is 0. The molecule has 6 heteroatoms. The highest BCUT2D eigenvalue weighted by atomic mass is 16.2. The first-order valence-electron chi connectivity index (χ1n) is 6.22. The van der Waals surface area contributed by atoms with Crippen molar-refractivity contribution in [2.45, 2.75) is 19.4 Å². The van der Waals surface area contributed by atoms with Crippen LogP contribution >= 0.6 is 0 Å². The lowest BCUT2D eigenvalue weighted by Crippen LogP contribution is -2.50. The molecule has 0 spiro atoms. The quantitative estimate of drug-likeness (QED) is 0.807. The summed E-state index contributed by atoms with van der Waals surface area (Å²) >= 11 is 0. The number of carbonyl (C=O) groups excluding carboxylic acids is 1. The van der Waals surface area contributed by atoms with E-state index >= 15 is 0 Å². The van der Waals surface area contributed by atoms with E-state index in [9.17, 15) is 4.79 Å². The molecule has 2 heterocycles. The van der Waals surface area contributed by atoms with Crippen molar-refractivity contribution in [3.63, 3.8) is 0 Å². The normalized spacial score (nSPS) is 17.7. The molecule has 0 bridgehead atoms. The lowest BCUT2D eigenvalue weighted by Gasteiger charge is -2.35. The third kappa shape index (κ3) is 3.16. The van der Waals surface area contributed by atoms with Gasteiger partial charge in [-0.05, 0) is 13.0 Å². The SMILES string of the molecule is CC(N)CC(=O)N1CCN(c2ncccn2)CC1. The van der Waals surface area contributed by atoms with Crippen LogP contribution in [-0.2, 0) is 4.79 Å². The van der Waals surface area contributed by atoms with Crippen molar-refractivity contribution in [1.29, 1.82) is 0 Å². The van der Waals surface area contributed by atoms with E-state index in [0.29, 0.717) is 19.5 Å². The molecule has 2 rings (SSSR count). The van der Waals surface area contributed by atoms with Gasteiger partial charge in [-0.2, -0.15) is 0 Å². The van der Waals surface area contributed by atoms with Crippen molar-refractivity contribution in [1.82, 2.24) is 14.9 Å². The highest BCUT2D eigenvalue weighted by Gasteiger charge is 2.22. The highest BCUT2D eigenvalue weighted by molar-refractivity contribution is 5.77. The molecular formula is C12H19N5O. The Hall–Kier alpha value is -1.69. The molecule has 1 aromatic rings. The second kappa shape index (κ2) is 5.77. The Morgan fingerprint density at radius 1 is 1.33 bits per heavy atom. The molecule has 18 heavy (non-hydrogen) atoms. The van der Waals surface area contributed by atoms with Crippen LogP contribution in [0.3, 0.4) is 0 Å². The van der Waals surface area contributed by atoms with Gasteiger partial charge in [0.25, 0.3) is 0 Å². The largest absolute Gasteiger partial charge is 0.339 e. The zero-order valence-corrected chi connectivity index (χ0v) is 10.6. The van der Waals surface area contributed by atoms with Crippen molar-refractivity contribution in [2.75, 3.05) is 31.1 Å². The van der Waals surface area contributed by atoms with Gasteiger partial charge in [0.05, 0.1) is 0 Å². The first kappa shape index (κ1) is 12.8. The summed E-state index contributed by atoms with van der Waals surface area (Å²) in [6, 6.07) is 1.72. The molecule has 1 aliphatic heterocycles. The maximum Gasteiger partial charge on any atom is 0.225 e. The molecule has 0 saturated carbocycles. The summed E-state index contributed by atoms with van der Waals surface area (Å²) in [5.74, 6) is 0.871. The first-order valence-corrected chi connectivity index (χ1v) is 6.22. The van der Waals surface area contributed by atoms with Gasteiger partial charge in [0.1, 0.15) is 0 Å². The minimum absolute atomic E-state index is 0.0759. The van der Waals surface area contributed by atoms with Crippen LogP contribution in [0, 0.1) is 0 Å². The van der Waals surface area contributed by atoms with Crippen LogP contribution in [0.5, 0.6) is 0 Å². The molecule has 1 unspecified atom stereocenters. The molecule has 0 radical (unpaired) electrons. The van der Waals surface area contributed by atoms with Gasteiger partial charge in [-0.1, -0.05) is 0 Å². The number of aromatic nitrogens is 2. The average molecular weight is 249 g/mol. The van der Waals surface area contributed by atoms with Gasteiger partial charge in [0.15, 0.2) is 0 Å². The molecule has 1 atom stereocenters. The van der Waals surface area contributed by atoms with Crippen molar-refractivity contribution in [3.8, 4) is 0 Å². The zero-order valence-electron chi connectivity index (χ0n) is 10.6. The van der Waals surface area contributed by atoms with E-state index in [-0.39, 0.29) is 11.9 Å². The molecule has 1 aromatic heterocycles. The van der Waals surface area contributed by atoms with Crippen molar-refractivity contribution >= 4 is 11.9 Å². The smallest absolute Gasteiger partial charge is 0.225 e. The summed E-state index contributed by atoms with van der Waals surface area (Å²) in [5.41, 5.74) is 5.64. The van der Waals surface area contributed by atoms with Crippen LogP contribution < -0.4 is 10.6 Å². The van der Waals surface area contributed by atoms with Crippen LogP contribution in [0.15, 0.2) is 18.5 Å². The topological polar surface area (TPSA) is 75.4 Å². The predicted octanol–water partition coefficient (Wildman–Crippen LogP) is -0.137. The standard InChI is InChI=1S/C12H19N5O/c1-10(13)9-11(18)16-5-7-17(8-6-16)12-14-3-2-4-15-12/h2-4,10H,5-9,13H2,1H3. The molecule has 98 valence electrons. The van der Waals surface area contributed by atoms with E-state index in [4.69, 9.17) is 5.73 Å². The summed E-state index contributed by atoms with van der Waals surface area (Å²) in [6.07, 6.45) is 3.88. The monoisotopic (exact) mass is 249 g/mol. The number of nitrogens with zero attached hydrogens (tertiary/aromatic N) is 4. The van der Waals surface area contributed by atoms with Gasteiger partial charge in [-0.3, -0.25) is 4.79 Å². The number of hydrogen-bond acceptors (Lipinski definition) is 5. The van der Waals surface area contributed by atoms with E-state index in [1.165, 1.54) is 0 Å². The van der Waals surface area contributed by atoms with E-state index in [1.54, 1.807) is 18.5 Å². The Bertz CT molecular complexity index is 387. The fraction of sp³-hybridized carbons (Fsp3) is 0.583. The van der Waals surface area contributed by atoms with E-state index in [0.717, 1.165) is 19.0 Å². The second-order valence-corrected chi connectivity index (χ2v) is 4.60. The molecule has 0 aromatic carbocycles. The number of rotatable bonds is 3. The lowest BCUT2D eigenvalue weighted by molar-refractivity contribution is -0.131. The van der Waals surface area contributed by atoms with Crippen LogP contribution in [0.4, 0.5) is 5.95 Å². The molecule has 6 nitrogen and oxygen atoms in total. The molecule has 0 aliphatic carbocycles. The Morgan fingerprint density at radius 2 is 1.94 bits per heavy atom. The van der Waals surface area contributed by atoms with Crippen molar-refractivity contribution < 1.29 is 4.79 Å². The summed E-state index contributed by atoms with van der Waals surface area (Å²) in [5, 5.41) is 0. The molecule has 2 N–H and O–H groups in total. The van der Waals surface area contributed by atoms with Gasteiger partial charge in [-0.25, -0.2) is 9.97 Å². The van der Waals surface area contributed by atoms with Crippen LogP contribution in [0.25, 0.3) is 0 Å². The van der Waals surface area contributed by atoms with Gasteiger partial charge in [-0.15, -0.1) is 0 Å². The Kier molecular flexibility index (Phi) is 4.09. The molecular weight excluding hydrogens is 230 g/mol. The van der Waals surface area contributed by atoms with Gasteiger partial charge >= 0.3 is 0 Å². The number of nitrogens with two attached hydrogens (primary N) is 1. The number of carbonyl (C=O) groups is 1. The number of anilines is 1. The number of hydrogen-bond donors (Lipinski definition) is 1. The minimum atomic E-state index is -0.0759. The fourth-order valence-electron chi connectivity index (χ4n) is 2.01. The van der Waals surface area contributed by atoms with Gasteiger partial charge < -0.3 is 15.5 Å². The maximum absolute atomic E-state index is 11.8. The van der Waals surface area contributed by atoms with Crippen LogP contribution in [0.2, 0.25) is 0 Å². The molecule has 1 amide bonds. The number of piperazine rings is 1. The minimum Gasteiger partial charge on any atom is -0.339 e. The Labute approximate surface area is 107 Å². The van der Waals surface area contributed by atoms with Gasteiger partial charge in [0.2, 0.25) is 11.9 Å². The number of amides is 1. The Morgan fingerprint density at radius 3 is 2.50 bits per heavy atom. The summed E-state index contributed by atoms with van der Waals surface area (Å²) in [6.45, 7) is 4.82. The molecule has 1 saturated heterocycles. The van der Waals surface area contributed by atoms with E-state index < -0.39 is 0 Å². The highest BCUT2D eigenvalue weighted by Crippen LogP contribution is 2.10. The fourth-order valence-corrected chi connectivity index (χ4v) is 2.01. The van der Waals surface area contributed by atoms with Crippen molar-refractivity contribution in [2.24, 2.45) is 5.73 Å². The van der Waals surface area contributed by atoms with Crippen LogP contribution in [0.1, 0.15) is 13.3 Å². The van der Waals surface area contributed by atoms with Gasteiger partial charge in [0, 0.05) is 51.0 Å². The second-order valence-electron chi connectivity index (χ2n) is 4.60. The van der Waals surface area contributed by atoms with Crippen molar-refractivity contribution in [3.05, 3.63) is 18.5 Å². The first-order chi connectivity index (χ1) is 8.66. The zero-order chi connectivity index (χ0) is 13.0. The van der Waals surface area contributed by atoms with E-state index in [2.05, 4.69) is 14.9 Å². The van der Waals surface area contributed by atoms with E-state index in [1.807, 2.05) is 11.8 Å². The summed E-state index contributed by atoms with van der Waals surface area (Å²) in [4.78, 5) is 24.2. The average Bonchev–Trinajstić information content (AvgIpc) is 2.39. The molecule has 1 fully saturated rings. The maximum atomic E-state index is 11.8. The predicted molar refractivity (Wildman–Crippen MR) is 69.1 cm³/mol. The summed E-state index contributed by atoms with van der Waals surface area (Å²) < 4.78 is 0. The third-order valence-electron chi connectivity index (χ3n) is 2.96. The molecule has 1 aliphatic rings. The lowest BCUT2D eigenvalue weighted by atomic mass is 10.2. The third-order valence-corrected chi connectivity index (χ3v) is 2.96. The van der Waals surface area contributed by atoms with Crippen LogP contribution in [-0.4, -0.2) is 53.0 Å². The Balaban J connectivity index is 1.87.